The maximum absolute atomic E-state index is 12.7. The SMILES string of the molecule is CCOC(=O)c1c(NC(=O)[C@@H](C)Oc2ccc(OC)cc2)sc2c1CCCC2. The van der Waals surface area contributed by atoms with Gasteiger partial charge >= 0.3 is 5.97 Å². The molecule has 1 N–H and O–H groups in total. The van der Waals surface area contributed by atoms with Crippen molar-refractivity contribution in [3.8, 4) is 11.5 Å². The zero-order chi connectivity index (χ0) is 20.1. The standard InChI is InChI=1S/C21H25NO5S/c1-4-26-21(24)18-16-7-5-6-8-17(16)28-20(18)22-19(23)13(2)27-15-11-9-14(25-3)10-12-15/h9-13H,4-8H2,1-3H3,(H,22,23)/t13-/m1/s1. The molecule has 0 radical (unpaired) electrons. The third kappa shape index (κ3) is 4.47. The van der Waals surface area contributed by atoms with E-state index in [1.54, 1.807) is 45.2 Å². The van der Waals surface area contributed by atoms with Crippen molar-refractivity contribution in [1.29, 1.82) is 0 Å². The van der Waals surface area contributed by atoms with E-state index in [-0.39, 0.29) is 11.9 Å². The molecule has 0 saturated heterocycles. The number of ether oxygens (including phenoxy) is 3. The van der Waals surface area contributed by atoms with Gasteiger partial charge in [0.2, 0.25) is 0 Å². The molecule has 1 atom stereocenters. The maximum Gasteiger partial charge on any atom is 0.341 e. The Kier molecular flexibility index (Phi) is 6.57. The highest BCUT2D eigenvalue weighted by Crippen LogP contribution is 2.38. The number of carbonyl (C=O) groups excluding carboxylic acids is 2. The van der Waals surface area contributed by atoms with Gasteiger partial charge in [0.15, 0.2) is 6.10 Å². The van der Waals surface area contributed by atoms with E-state index in [1.807, 2.05) is 0 Å². The fraction of sp³-hybridized carbons (Fsp3) is 0.429. The number of anilines is 1. The van der Waals surface area contributed by atoms with Crippen LogP contribution < -0.4 is 14.8 Å². The highest BCUT2D eigenvalue weighted by molar-refractivity contribution is 7.17. The van der Waals surface area contributed by atoms with Gasteiger partial charge in [-0.15, -0.1) is 11.3 Å². The molecule has 3 rings (SSSR count). The number of methoxy groups -OCH3 is 1. The predicted octanol–water partition coefficient (Wildman–Crippen LogP) is 4.22. The molecule has 0 bridgehead atoms. The minimum Gasteiger partial charge on any atom is -0.497 e. The molecule has 1 aromatic carbocycles. The van der Waals surface area contributed by atoms with Gasteiger partial charge in [-0.05, 0) is 69.4 Å². The first-order valence-corrected chi connectivity index (χ1v) is 10.3. The van der Waals surface area contributed by atoms with E-state index in [1.165, 1.54) is 11.3 Å². The zero-order valence-corrected chi connectivity index (χ0v) is 17.2. The fourth-order valence-electron chi connectivity index (χ4n) is 3.20. The van der Waals surface area contributed by atoms with Gasteiger partial charge in [-0.2, -0.15) is 0 Å². The average molecular weight is 404 g/mol. The lowest BCUT2D eigenvalue weighted by Crippen LogP contribution is -2.30. The van der Waals surface area contributed by atoms with Crippen LogP contribution in [-0.4, -0.2) is 31.7 Å². The van der Waals surface area contributed by atoms with Crippen molar-refractivity contribution in [2.24, 2.45) is 0 Å². The number of thiophene rings is 1. The van der Waals surface area contributed by atoms with Crippen LogP contribution in [0.15, 0.2) is 24.3 Å². The third-order valence-electron chi connectivity index (χ3n) is 4.63. The number of esters is 1. The maximum atomic E-state index is 12.7. The second kappa shape index (κ2) is 9.10. The molecule has 1 amide bonds. The normalized spacial score (nSPS) is 14.0. The first kappa shape index (κ1) is 20.2. The molecule has 28 heavy (non-hydrogen) atoms. The molecule has 6 nitrogen and oxygen atoms in total. The molecule has 0 unspecified atom stereocenters. The number of nitrogens with one attached hydrogen (secondary N) is 1. The highest BCUT2D eigenvalue weighted by atomic mass is 32.1. The summed E-state index contributed by atoms with van der Waals surface area (Å²) < 4.78 is 16.1. The quantitative estimate of drug-likeness (QED) is 0.701. The Hall–Kier alpha value is -2.54. The molecule has 2 aromatic rings. The van der Waals surface area contributed by atoms with Crippen LogP contribution in [0.5, 0.6) is 11.5 Å². The summed E-state index contributed by atoms with van der Waals surface area (Å²) in [7, 11) is 1.59. The summed E-state index contributed by atoms with van der Waals surface area (Å²) in [5, 5.41) is 3.43. The van der Waals surface area contributed by atoms with Gasteiger partial charge in [0.1, 0.15) is 16.5 Å². The van der Waals surface area contributed by atoms with Crippen molar-refractivity contribution in [3.05, 3.63) is 40.3 Å². The number of fused-ring (bicyclic) bond motifs is 1. The summed E-state index contributed by atoms with van der Waals surface area (Å²) in [6, 6.07) is 7.03. The summed E-state index contributed by atoms with van der Waals surface area (Å²) in [6.07, 6.45) is 3.19. The molecule has 1 heterocycles. The smallest absolute Gasteiger partial charge is 0.341 e. The number of carbonyl (C=O) groups is 2. The van der Waals surface area contributed by atoms with Gasteiger partial charge in [0.25, 0.3) is 5.91 Å². The van der Waals surface area contributed by atoms with Gasteiger partial charge in [0, 0.05) is 4.88 Å². The summed E-state index contributed by atoms with van der Waals surface area (Å²) in [5.41, 5.74) is 1.53. The van der Waals surface area contributed by atoms with E-state index >= 15 is 0 Å². The highest BCUT2D eigenvalue weighted by Gasteiger charge is 2.28. The minimum atomic E-state index is -0.720. The second-order valence-corrected chi connectivity index (χ2v) is 7.67. The molecule has 0 aliphatic heterocycles. The molecule has 7 heteroatoms. The Bertz CT molecular complexity index is 843. The topological polar surface area (TPSA) is 73.9 Å². The summed E-state index contributed by atoms with van der Waals surface area (Å²) >= 11 is 1.47. The van der Waals surface area contributed by atoms with Crippen molar-refractivity contribution in [2.75, 3.05) is 19.0 Å². The van der Waals surface area contributed by atoms with E-state index in [0.717, 1.165) is 36.1 Å². The Morgan fingerprint density at radius 2 is 1.82 bits per heavy atom. The zero-order valence-electron chi connectivity index (χ0n) is 16.4. The molecular formula is C21H25NO5S. The Morgan fingerprint density at radius 3 is 2.50 bits per heavy atom. The molecular weight excluding hydrogens is 378 g/mol. The van der Waals surface area contributed by atoms with E-state index in [4.69, 9.17) is 14.2 Å². The van der Waals surface area contributed by atoms with E-state index < -0.39 is 6.10 Å². The second-order valence-electron chi connectivity index (χ2n) is 6.56. The molecule has 1 aromatic heterocycles. The van der Waals surface area contributed by atoms with Crippen LogP contribution in [0.2, 0.25) is 0 Å². The lowest BCUT2D eigenvalue weighted by atomic mass is 9.95. The van der Waals surface area contributed by atoms with Crippen LogP contribution >= 0.6 is 11.3 Å². The van der Waals surface area contributed by atoms with Crippen LogP contribution in [0.3, 0.4) is 0 Å². The molecule has 0 saturated carbocycles. The number of aryl methyl sites for hydroxylation is 1. The summed E-state index contributed by atoms with van der Waals surface area (Å²) in [5.74, 6) is 0.605. The first-order chi connectivity index (χ1) is 13.5. The molecule has 150 valence electrons. The van der Waals surface area contributed by atoms with Gasteiger partial charge in [-0.3, -0.25) is 4.79 Å². The Balaban J connectivity index is 1.75. The van der Waals surface area contributed by atoms with E-state index in [2.05, 4.69) is 5.32 Å². The van der Waals surface area contributed by atoms with Crippen molar-refractivity contribution in [1.82, 2.24) is 0 Å². The van der Waals surface area contributed by atoms with Crippen molar-refractivity contribution < 1.29 is 23.8 Å². The number of hydrogen-bond acceptors (Lipinski definition) is 6. The first-order valence-electron chi connectivity index (χ1n) is 9.46. The van der Waals surface area contributed by atoms with Gasteiger partial charge in [0.05, 0.1) is 19.3 Å². The third-order valence-corrected chi connectivity index (χ3v) is 5.84. The molecule has 0 spiro atoms. The van der Waals surface area contributed by atoms with Gasteiger partial charge < -0.3 is 19.5 Å². The summed E-state index contributed by atoms with van der Waals surface area (Å²) in [4.78, 5) is 26.3. The Labute approximate surface area is 168 Å². The van der Waals surface area contributed by atoms with Crippen LogP contribution in [0, 0.1) is 0 Å². The largest absolute Gasteiger partial charge is 0.497 e. The lowest BCUT2D eigenvalue weighted by molar-refractivity contribution is -0.122. The van der Waals surface area contributed by atoms with Crippen LogP contribution in [0.25, 0.3) is 0 Å². The van der Waals surface area contributed by atoms with Gasteiger partial charge in [-0.25, -0.2) is 4.79 Å². The van der Waals surface area contributed by atoms with Crippen LogP contribution in [0.4, 0.5) is 5.00 Å². The van der Waals surface area contributed by atoms with Crippen molar-refractivity contribution in [3.63, 3.8) is 0 Å². The predicted molar refractivity (Wildman–Crippen MR) is 109 cm³/mol. The average Bonchev–Trinajstić information content (AvgIpc) is 3.06. The number of rotatable bonds is 7. The number of hydrogen-bond donors (Lipinski definition) is 1. The Morgan fingerprint density at radius 1 is 1.14 bits per heavy atom. The monoisotopic (exact) mass is 403 g/mol. The van der Waals surface area contributed by atoms with Crippen molar-refractivity contribution in [2.45, 2.75) is 45.6 Å². The number of amides is 1. The molecule has 0 fully saturated rings. The minimum absolute atomic E-state index is 0.299. The summed E-state index contributed by atoms with van der Waals surface area (Å²) in [6.45, 7) is 3.75. The fourth-order valence-corrected chi connectivity index (χ4v) is 4.48. The molecule has 1 aliphatic carbocycles. The number of benzene rings is 1. The van der Waals surface area contributed by atoms with Crippen molar-refractivity contribution >= 4 is 28.2 Å². The van der Waals surface area contributed by atoms with E-state index in [0.29, 0.717) is 28.7 Å². The molecule has 1 aliphatic rings. The van der Waals surface area contributed by atoms with Crippen LogP contribution in [-0.2, 0) is 22.4 Å². The lowest BCUT2D eigenvalue weighted by Gasteiger charge is -2.15. The van der Waals surface area contributed by atoms with Crippen LogP contribution in [0.1, 0.15) is 47.5 Å². The van der Waals surface area contributed by atoms with E-state index in [9.17, 15) is 9.59 Å². The van der Waals surface area contributed by atoms with Gasteiger partial charge in [-0.1, -0.05) is 0 Å².